The van der Waals surface area contributed by atoms with Crippen LogP contribution in [0.3, 0.4) is 0 Å². The summed E-state index contributed by atoms with van der Waals surface area (Å²) in [6.45, 7) is 5.75. The van der Waals surface area contributed by atoms with Gasteiger partial charge in [-0.2, -0.15) is 0 Å². The largest absolute Gasteiger partial charge is 0.493 e. The number of aromatic nitrogens is 3. The minimum atomic E-state index is -0.558. The first-order chi connectivity index (χ1) is 19.5. The van der Waals surface area contributed by atoms with E-state index in [1.165, 1.54) is 18.5 Å². The molecular formula is C30H32FN7O2. The fourth-order valence-corrected chi connectivity index (χ4v) is 4.63. The van der Waals surface area contributed by atoms with Gasteiger partial charge in [-0.15, -0.1) is 0 Å². The van der Waals surface area contributed by atoms with Crippen LogP contribution in [-0.2, 0) is 4.79 Å². The summed E-state index contributed by atoms with van der Waals surface area (Å²) in [7, 11) is 2.14. The maximum Gasteiger partial charge on any atom is 0.241 e. The second kappa shape index (κ2) is 12.6. The van der Waals surface area contributed by atoms with Crippen molar-refractivity contribution in [1.82, 2.24) is 24.8 Å². The van der Waals surface area contributed by atoms with Crippen LogP contribution in [0, 0.1) is 5.82 Å². The number of benzene rings is 2. The summed E-state index contributed by atoms with van der Waals surface area (Å²) in [5.41, 5.74) is 8.26. The summed E-state index contributed by atoms with van der Waals surface area (Å²) in [5, 5.41) is 3.98. The van der Waals surface area contributed by atoms with E-state index in [1.54, 1.807) is 36.5 Å². The number of pyridine rings is 1. The Hall–Kier alpha value is -4.41. The fourth-order valence-electron chi connectivity index (χ4n) is 4.63. The zero-order chi connectivity index (χ0) is 27.9. The summed E-state index contributed by atoms with van der Waals surface area (Å²) >= 11 is 0. The number of halogens is 1. The number of hydrogen-bond acceptors (Lipinski definition) is 8. The van der Waals surface area contributed by atoms with Crippen LogP contribution >= 0.6 is 0 Å². The molecule has 1 aliphatic heterocycles. The normalized spacial score (nSPS) is 14.6. The Labute approximate surface area is 232 Å². The molecule has 4 aromatic rings. The molecule has 1 fully saturated rings. The predicted octanol–water partition coefficient (Wildman–Crippen LogP) is 4.09. The number of carbonyl (C=O) groups is 1. The van der Waals surface area contributed by atoms with Crippen molar-refractivity contribution in [3.63, 3.8) is 0 Å². The number of anilines is 2. The average Bonchev–Trinajstić information content (AvgIpc) is 2.96. The third kappa shape index (κ3) is 6.77. The Morgan fingerprint density at radius 1 is 1.10 bits per heavy atom. The zero-order valence-corrected chi connectivity index (χ0v) is 22.4. The van der Waals surface area contributed by atoms with Crippen LogP contribution in [0.1, 0.15) is 12.0 Å². The van der Waals surface area contributed by atoms with Crippen molar-refractivity contribution in [2.45, 2.75) is 6.42 Å². The van der Waals surface area contributed by atoms with Gasteiger partial charge in [0.1, 0.15) is 23.7 Å². The number of ether oxygens (including phenoxy) is 1. The lowest BCUT2D eigenvalue weighted by Gasteiger charge is -2.32. The molecule has 0 atom stereocenters. The Morgan fingerprint density at radius 2 is 1.95 bits per heavy atom. The molecule has 206 valence electrons. The van der Waals surface area contributed by atoms with Crippen molar-refractivity contribution >= 4 is 34.4 Å². The van der Waals surface area contributed by atoms with Gasteiger partial charge in [0.25, 0.3) is 0 Å². The van der Waals surface area contributed by atoms with Crippen LogP contribution in [0.15, 0.2) is 67.1 Å². The predicted molar refractivity (Wildman–Crippen MR) is 155 cm³/mol. The third-order valence-corrected chi connectivity index (χ3v) is 6.84. The SMILES string of the molecule is CN1CCN(CCCOc2cc3ncnc(Nc4ccc(F)c(-c5ccccn5)c4)c3cc2C=CC(N)=O)CC1. The minimum absolute atomic E-state index is 0.370. The molecule has 1 amide bonds. The van der Waals surface area contributed by atoms with Crippen LogP contribution in [0.2, 0.25) is 0 Å². The molecule has 1 saturated heterocycles. The van der Waals surface area contributed by atoms with Gasteiger partial charge in [-0.1, -0.05) is 6.07 Å². The average molecular weight is 542 g/mol. The van der Waals surface area contributed by atoms with Crippen molar-refractivity contribution in [2.24, 2.45) is 5.73 Å². The first-order valence-corrected chi connectivity index (χ1v) is 13.2. The van der Waals surface area contributed by atoms with Crippen LogP contribution in [-0.4, -0.2) is 77.0 Å². The van der Waals surface area contributed by atoms with Crippen molar-refractivity contribution in [3.05, 3.63) is 78.5 Å². The van der Waals surface area contributed by atoms with E-state index in [-0.39, 0.29) is 5.82 Å². The summed E-state index contributed by atoms with van der Waals surface area (Å²) in [5.74, 6) is 0.202. The molecule has 5 rings (SSSR count). The first-order valence-electron chi connectivity index (χ1n) is 13.2. The Kier molecular flexibility index (Phi) is 8.58. The number of nitrogens with zero attached hydrogens (tertiary/aromatic N) is 5. The van der Waals surface area contributed by atoms with E-state index >= 15 is 0 Å². The van der Waals surface area contributed by atoms with Gasteiger partial charge in [0.2, 0.25) is 5.91 Å². The fraction of sp³-hybridized carbons (Fsp3) is 0.267. The van der Waals surface area contributed by atoms with Gasteiger partial charge in [0.05, 0.1) is 17.8 Å². The number of carbonyl (C=O) groups excluding carboxylic acids is 1. The topological polar surface area (TPSA) is 110 Å². The molecule has 3 heterocycles. The smallest absolute Gasteiger partial charge is 0.241 e. The summed E-state index contributed by atoms with van der Waals surface area (Å²) < 4.78 is 20.7. The molecule has 9 nitrogen and oxygen atoms in total. The van der Waals surface area contributed by atoms with Crippen molar-refractivity contribution in [3.8, 4) is 17.0 Å². The third-order valence-electron chi connectivity index (χ3n) is 6.84. The number of nitrogens with two attached hydrogens (primary N) is 1. The van der Waals surface area contributed by atoms with Gasteiger partial charge in [-0.25, -0.2) is 14.4 Å². The minimum Gasteiger partial charge on any atom is -0.493 e. The summed E-state index contributed by atoms with van der Waals surface area (Å²) in [4.78, 5) is 29.4. The maximum absolute atomic E-state index is 14.6. The first kappa shape index (κ1) is 27.2. The van der Waals surface area contributed by atoms with E-state index in [2.05, 4.69) is 37.1 Å². The molecule has 2 aromatic carbocycles. The van der Waals surface area contributed by atoms with Crippen LogP contribution in [0.5, 0.6) is 5.75 Å². The molecule has 2 aromatic heterocycles. The van der Waals surface area contributed by atoms with Crippen molar-refractivity contribution < 1.29 is 13.9 Å². The number of amides is 1. The lowest BCUT2D eigenvalue weighted by Crippen LogP contribution is -2.44. The highest BCUT2D eigenvalue weighted by Crippen LogP contribution is 2.32. The molecular weight excluding hydrogens is 509 g/mol. The number of fused-ring (bicyclic) bond motifs is 1. The number of likely N-dealkylation sites (N-methyl/N-ethyl adjacent to an activating group) is 1. The molecule has 0 aliphatic carbocycles. The molecule has 1 aliphatic rings. The highest BCUT2D eigenvalue weighted by atomic mass is 19.1. The van der Waals surface area contributed by atoms with E-state index in [1.807, 2.05) is 18.2 Å². The van der Waals surface area contributed by atoms with Crippen LogP contribution in [0.25, 0.3) is 28.2 Å². The molecule has 0 spiro atoms. The van der Waals surface area contributed by atoms with Crippen molar-refractivity contribution in [1.29, 1.82) is 0 Å². The van der Waals surface area contributed by atoms with E-state index in [0.29, 0.717) is 51.6 Å². The standard InChI is InChI=1S/C30H32FN7O2/c1-37-12-14-38(15-13-37)11-4-16-40-28-19-27-24(17-21(28)6-9-29(32)39)30(35-20-34-27)36-22-7-8-25(31)23(18-22)26-5-2-3-10-33-26/h2-3,5-10,17-20H,4,11-16H2,1H3,(H2,32,39)(H,34,35,36). The number of piperazine rings is 1. The molecule has 3 N–H and O–H groups in total. The van der Waals surface area contributed by atoms with Gasteiger partial charge in [0.15, 0.2) is 0 Å². The number of primary amides is 1. The quantitative estimate of drug-likeness (QED) is 0.228. The zero-order valence-electron chi connectivity index (χ0n) is 22.4. The lowest BCUT2D eigenvalue weighted by molar-refractivity contribution is -0.113. The van der Waals surface area contributed by atoms with Crippen molar-refractivity contribution in [2.75, 3.05) is 51.7 Å². The lowest BCUT2D eigenvalue weighted by atomic mass is 10.1. The van der Waals surface area contributed by atoms with Crippen LogP contribution in [0.4, 0.5) is 15.9 Å². The van der Waals surface area contributed by atoms with Gasteiger partial charge in [0, 0.05) is 73.3 Å². The summed E-state index contributed by atoms with van der Waals surface area (Å²) in [6.07, 6.45) is 6.89. The Morgan fingerprint density at radius 3 is 2.73 bits per heavy atom. The van der Waals surface area contributed by atoms with Gasteiger partial charge in [-0.05, 0) is 55.9 Å². The maximum atomic E-state index is 14.6. The van der Waals surface area contributed by atoms with Gasteiger partial charge < -0.3 is 25.6 Å². The van der Waals surface area contributed by atoms with E-state index in [9.17, 15) is 9.18 Å². The molecule has 0 saturated carbocycles. The second-order valence-corrected chi connectivity index (χ2v) is 9.75. The number of nitrogens with one attached hydrogen (secondary N) is 1. The highest BCUT2D eigenvalue weighted by Gasteiger charge is 2.15. The molecule has 0 bridgehead atoms. The molecule has 40 heavy (non-hydrogen) atoms. The second-order valence-electron chi connectivity index (χ2n) is 9.75. The molecule has 10 heteroatoms. The summed E-state index contributed by atoms with van der Waals surface area (Å²) in [6, 6.07) is 13.8. The number of hydrogen-bond donors (Lipinski definition) is 2. The van der Waals surface area contributed by atoms with E-state index in [4.69, 9.17) is 10.5 Å². The Balaban J connectivity index is 1.38. The molecule has 0 unspecified atom stereocenters. The monoisotopic (exact) mass is 541 g/mol. The van der Waals surface area contributed by atoms with Crippen LogP contribution < -0.4 is 15.8 Å². The van der Waals surface area contributed by atoms with E-state index in [0.717, 1.165) is 39.1 Å². The molecule has 0 radical (unpaired) electrons. The van der Waals surface area contributed by atoms with Gasteiger partial charge in [-0.3, -0.25) is 9.78 Å². The number of rotatable bonds is 10. The highest BCUT2D eigenvalue weighted by molar-refractivity contribution is 5.96. The Bertz CT molecular complexity index is 1510. The van der Waals surface area contributed by atoms with Gasteiger partial charge >= 0.3 is 0 Å². The van der Waals surface area contributed by atoms with E-state index < -0.39 is 5.91 Å².